The standard InChI is InChI=1S/C12H18BrNO2/c1-3-16-7-6-14-9(2)11-8-10(13)4-5-12(11)15/h4-5,8-9,14-15H,3,6-7H2,1-2H3. The summed E-state index contributed by atoms with van der Waals surface area (Å²) in [6, 6.07) is 5.55. The van der Waals surface area contributed by atoms with Gasteiger partial charge in [-0.3, -0.25) is 0 Å². The molecule has 0 aliphatic carbocycles. The van der Waals surface area contributed by atoms with Crippen LogP contribution in [0.1, 0.15) is 25.5 Å². The van der Waals surface area contributed by atoms with E-state index in [0.717, 1.165) is 23.2 Å². The van der Waals surface area contributed by atoms with Gasteiger partial charge in [0, 0.05) is 29.2 Å². The highest BCUT2D eigenvalue weighted by atomic mass is 79.9. The molecule has 90 valence electrons. The van der Waals surface area contributed by atoms with Crippen LogP contribution in [0.4, 0.5) is 0 Å². The third-order valence-electron chi connectivity index (χ3n) is 2.36. The van der Waals surface area contributed by atoms with Gasteiger partial charge in [-0.15, -0.1) is 0 Å². The molecule has 0 spiro atoms. The van der Waals surface area contributed by atoms with E-state index >= 15 is 0 Å². The minimum absolute atomic E-state index is 0.109. The topological polar surface area (TPSA) is 41.5 Å². The van der Waals surface area contributed by atoms with Gasteiger partial charge in [0.1, 0.15) is 5.75 Å². The molecule has 0 aliphatic rings. The largest absolute Gasteiger partial charge is 0.508 e. The minimum atomic E-state index is 0.109. The van der Waals surface area contributed by atoms with Gasteiger partial charge < -0.3 is 15.2 Å². The van der Waals surface area contributed by atoms with Crippen LogP contribution in [0.25, 0.3) is 0 Å². The summed E-state index contributed by atoms with van der Waals surface area (Å²) in [5, 5.41) is 13.0. The number of aromatic hydroxyl groups is 1. The van der Waals surface area contributed by atoms with Gasteiger partial charge in [-0.05, 0) is 32.0 Å². The molecule has 4 heteroatoms. The second-order valence-corrected chi connectivity index (χ2v) is 4.49. The number of halogens is 1. The Bertz CT molecular complexity index is 331. The van der Waals surface area contributed by atoms with Crippen LogP contribution in [0, 0.1) is 0 Å². The number of phenolic OH excluding ortho intramolecular Hbond substituents is 1. The predicted octanol–water partition coefficient (Wildman–Crippen LogP) is 2.84. The number of hydrogen-bond acceptors (Lipinski definition) is 3. The highest BCUT2D eigenvalue weighted by molar-refractivity contribution is 9.10. The van der Waals surface area contributed by atoms with Crippen molar-refractivity contribution in [2.45, 2.75) is 19.9 Å². The summed E-state index contributed by atoms with van der Waals surface area (Å²) in [6.07, 6.45) is 0. The van der Waals surface area contributed by atoms with E-state index in [2.05, 4.69) is 21.2 Å². The zero-order valence-electron chi connectivity index (χ0n) is 9.66. The van der Waals surface area contributed by atoms with Crippen molar-refractivity contribution in [3.63, 3.8) is 0 Å². The van der Waals surface area contributed by atoms with E-state index < -0.39 is 0 Å². The fourth-order valence-corrected chi connectivity index (χ4v) is 1.85. The van der Waals surface area contributed by atoms with Crippen molar-refractivity contribution < 1.29 is 9.84 Å². The molecule has 16 heavy (non-hydrogen) atoms. The Kier molecular flexibility index (Phi) is 5.80. The summed E-state index contributed by atoms with van der Waals surface area (Å²) >= 11 is 3.39. The number of benzene rings is 1. The van der Waals surface area contributed by atoms with Gasteiger partial charge in [-0.2, -0.15) is 0 Å². The van der Waals surface area contributed by atoms with Crippen LogP contribution < -0.4 is 5.32 Å². The molecule has 1 aromatic carbocycles. The number of nitrogens with one attached hydrogen (secondary N) is 1. The zero-order chi connectivity index (χ0) is 12.0. The van der Waals surface area contributed by atoms with Crippen LogP contribution in [0.3, 0.4) is 0 Å². The van der Waals surface area contributed by atoms with Gasteiger partial charge >= 0.3 is 0 Å². The van der Waals surface area contributed by atoms with Crippen molar-refractivity contribution in [2.24, 2.45) is 0 Å². The summed E-state index contributed by atoms with van der Waals surface area (Å²) in [7, 11) is 0. The second-order valence-electron chi connectivity index (χ2n) is 3.58. The van der Waals surface area contributed by atoms with Crippen molar-refractivity contribution >= 4 is 15.9 Å². The van der Waals surface area contributed by atoms with E-state index in [4.69, 9.17) is 4.74 Å². The van der Waals surface area contributed by atoms with Gasteiger partial charge in [-0.25, -0.2) is 0 Å². The van der Waals surface area contributed by atoms with E-state index in [9.17, 15) is 5.11 Å². The third kappa shape index (κ3) is 4.12. The number of ether oxygens (including phenoxy) is 1. The van der Waals surface area contributed by atoms with E-state index in [0.29, 0.717) is 12.4 Å². The van der Waals surface area contributed by atoms with Gasteiger partial charge in [0.2, 0.25) is 0 Å². The molecule has 0 aromatic heterocycles. The first-order chi connectivity index (χ1) is 7.65. The maximum absolute atomic E-state index is 9.72. The predicted molar refractivity (Wildman–Crippen MR) is 68.7 cm³/mol. The first kappa shape index (κ1) is 13.5. The molecule has 0 saturated heterocycles. The third-order valence-corrected chi connectivity index (χ3v) is 2.85. The lowest BCUT2D eigenvalue weighted by atomic mass is 10.1. The summed E-state index contributed by atoms with van der Waals surface area (Å²) in [5.74, 6) is 0.319. The molecule has 0 amide bonds. The Morgan fingerprint density at radius 3 is 2.94 bits per heavy atom. The van der Waals surface area contributed by atoms with Crippen LogP contribution in [-0.4, -0.2) is 24.9 Å². The van der Waals surface area contributed by atoms with Crippen molar-refractivity contribution in [3.8, 4) is 5.75 Å². The molecule has 0 fully saturated rings. The maximum Gasteiger partial charge on any atom is 0.120 e. The van der Waals surface area contributed by atoms with Gasteiger partial charge in [0.05, 0.1) is 6.61 Å². The lowest BCUT2D eigenvalue weighted by Crippen LogP contribution is -2.23. The average Bonchev–Trinajstić information content (AvgIpc) is 2.27. The van der Waals surface area contributed by atoms with Crippen molar-refractivity contribution in [1.29, 1.82) is 0 Å². The monoisotopic (exact) mass is 287 g/mol. The smallest absolute Gasteiger partial charge is 0.120 e. The Morgan fingerprint density at radius 1 is 1.50 bits per heavy atom. The Labute approximate surface area is 105 Å². The van der Waals surface area contributed by atoms with E-state index in [-0.39, 0.29) is 6.04 Å². The highest BCUT2D eigenvalue weighted by Crippen LogP contribution is 2.27. The highest BCUT2D eigenvalue weighted by Gasteiger charge is 2.09. The molecule has 1 unspecified atom stereocenters. The molecule has 1 aromatic rings. The quantitative estimate of drug-likeness (QED) is 0.791. The molecule has 0 bridgehead atoms. The molecule has 0 aliphatic heterocycles. The van der Waals surface area contributed by atoms with Gasteiger partial charge in [-0.1, -0.05) is 15.9 Å². The van der Waals surface area contributed by atoms with Crippen molar-refractivity contribution in [1.82, 2.24) is 5.32 Å². The summed E-state index contributed by atoms with van der Waals surface area (Å²) < 4.78 is 6.21. The SMILES string of the molecule is CCOCCNC(C)c1cc(Br)ccc1O. The van der Waals surface area contributed by atoms with Crippen LogP contribution >= 0.6 is 15.9 Å². The van der Waals surface area contributed by atoms with Crippen LogP contribution in [0.15, 0.2) is 22.7 Å². The van der Waals surface area contributed by atoms with Crippen LogP contribution in [-0.2, 0) is 4.74 Å². The maximum atomic E-state index is 9.72. The van der Waals surface area contributed by atoms with E-state index in [1.807, 2.05) is 26.0 Å². The molecule has 2 N–H and O–H groups in total. The van der Waals surface area contributed by atoms with Gasteiger partial charge in [0.15, 0.2) is 0 Å². The molecule has 1 atom stereocenters. The Balaban J connectivity index is 2.51. The molecule has 3 nitrogen and oxygen atoms in total. The van der Waals surface area contributed by atoms with Crippen LogP contribution in [0.5, 0.6) is 5.75 Å². The molecule has 0 saturated carbocycles. The molecular formula is C12H18BrNO2. The zero-order valence-corrected chi connectivity index (χ0v) is 11.3. The van der Waals surface area contributed by atoms with Crippen molar-refractivity contribution in [3.05, 3.63) is 28.2 Å². The van der Waals surface area contributed by atoms with E-state index in [1.165, 1.54) is 0 Å². The van der Waals surface area contributed by atoms with Gasteiger partial charge in [0.25, 0.3) is 0 Å². The number of rotatable bonds is 6. The summed E-state index contributed by atoms with van der Waals surface area (Å²) in [6.45, 7) is 6.20. The van der Waals surface area contributed by atoms with Crippen molar-refractivity contribution in [2.75, 3.05) is 19.8 Å². The molecule has 1 rings (SSSR count). The minimum Gasteiger partial charge on any atom is -0.508 e. The van der Waals surface area contributed by atoms with Crippen LogP contribution in [0.2, 0.25) is 0 Å². The number of hydrogen-bond donors (Lipinski definition) is 2. The number of phenols is 1. The first-order valence-corrected chi connectivity index (χ1v) is 6.24. The summed E-state index contributed by atoms with van der Waals surface area (Å²) in [5.41, 5.74) is 0.894. The summed E-state index contributed by atoms with van der Waals surface area (Å²) in [4.78, 5) is 0. The van der Waals surface area contributed by atoms with E-state index in [1.54, 1.807) is 6.07 Å². The Morgan fingerprint density at radius 2 is 2.25 bits per heavy atom. The fourth-order valence-electron chi connectivity index (χ4n) is 1.47. The molecule has 0 radical (unpaired) electrons. The normalized spacial score (nSPS) is 12.7. The fraction of sp³-hybridized carbons (Fsp3) is 0.500. The second kappa shape index (κ2) is 6.89. The average molecular weight is 288 g/mol. The lowest BCUT2D eigenvalue weighted by Gasteiger charge is -2.15. The lowest BCUT2D eigenvalue weighted by molar-refractivity contribution is 0.147. The molecular weight excluding hydrogens is 270 g/mol. The first-order valence-electron chi connectivity index (χ1n) is 5.44. The Hall–Kier alpha value is -0.580. The molecule has 0 heterocycles.